The fraction of sp³-hybridized carbons (Fsp3) is 0.200. The third kappa shape index (κ3) is 6.32. The van der Waals surface area contributed by atoms with Gasteiger partial charge in [-0.1, -0.05) is 12.1 Å². The highest BCUT2D eigenvalue weighted by Crippen LogP contribution is 2.15. The van der Waals surface area contributed by atoms with Crippen LogP contribution in [0.25, 0.3) is 6.08 Å². The van der Waals surface area contributed by atoms with Crippen LogP contribution in [0.15, 0.2) is 54.6 Å². The molecular formula is C20H22N2O4. The van der Waals surface area contributed by atoms with E-state index in [1.807, 2.05) is 24.3 Å². The molecule has 2 aromatic rings. The van der Waals surface area contributed by atoms with E-state index in [4.69, 9.17) is 9.47 Å². The molecule has 0 saturated heterocycles. The number of carbonyl (C=O) groups is 2. The molecule has 0 aliphatic carbocycles. The summed E-state index contributed by atoms with van der Waals surface area (Å²) in [7, 11) is 1.59. The van der Waals surface area contributed by atoms with E-state index in [2.05, 4.69) is 10.6 Å². The molecule has 0 spiro atoms. The second-order valence-electron chi connectivity index (χ2n) is 5.34. The summed E-state index contributed by atoms with van der Waals surface area (Å²) in [5.41, 5.74) is 2.38. The van der Waals surface area contributed by atoms with Gasteiger partial charge >= 0.3 is 5.97 Å². The van der Waals surface area contributed by atoms with Crippen molar-refractivity contribution in [3.8, 4) is 5.75 Å². The predicted molar refractivity (Wildman–Crippen MR) is 102 cm³/mol. The number of rotatable bonds is 8. The van der Waals surface area contributed by atoms with Crippen LogP contribution in [0.5, 0.6) is 5.75 Å². The van der Waals surface area contributed by atoms with Crippen LogP contribution >= 0.6 is 0 Å². The molecular weight excluding hydrogens is 332 g/mol. The van der Waals surface area contributed by atoms with Gasteiger partial charge < -0.3 is 20.1 Å². The number of carbonyl (C=O) groups excluding carboxylic acids is 2. The molecule has 2 aromatic carbocycles. The number of hydrogen-bond donors (Lipinski definition) is 2. The van der Waals surface area contributed by atoms with Crippen molar-refractivity contribution in [2.45, 2.75) is 6.92 Å². The Morgan fingerprint density at radius 3 is 2.27 bits per heavy atom. The quantitative estimate of drug-likeness (QED) is 0.562. The van der Waals surface area contributed by atoms with Gasteiger partial charge in [0, 0.05) is 17.5 Å². The molecule has 0 aliphatic heterocycles. The topological polar surface area (TPSA) is 76.7 Å². The van der Waals surface area contributed by atoms with Crippen LogP contribution in [0.2, 0.25) is 0 Å². The standard InChI is InChI=1S/C20H22N2O4/c1-3-26-20(24)13-6-15-4-7-16(8-5-15)21-14-19(23)22-17-9-11-18(25-2)12-10-17/h4-13,21H,3,14H2,1-2H3,(H,22,23)/b13-6+. The Balaban J connectivity index is 1.81. The van der Waals surface area contributed by atoms with Crippen molar-refractivity contribution in [1.29, 1.82) is 0 Å². The molecule has 0 saturated carbocycles. The van der Waals surface area contributed by atoms with E-state index in [-0.39, 0.29) is 18.4 Å². The molecule has 0 atom stereocenters. The zero-order valence-corrected chi connectivity index (χ0v) is 14.8. The third-order valence-corrected chi connectivity index (χ3v) is 3.44. The second kappa shape index (κ2) is 9.88. The number of nitrogens with one attached hydrogen (secondary N) is 2. The Morgan fingerprint density at radius 2 is 1.65 bits per heavy atom. The molecule has 2 rings (SSSR count). The summed E-state index contributed by atoms with van der Waals surface area (Å²) in [5, 5.41) is 5.85. The molecule has 6 nitrogen and oxygen atoms in total. The fourth-order valence-corrected chi connectivity index (χ4v) is 2.13. The number of methoxy groups -OCH3 is 1. The molecule has 0 fully saturated rings. The van der Waals surface area contributed by atoms with Gasteiger partial charge in [-0.05, 0) is 55.0 Å². The molecule has 2 N–H and O–H groups in total. The molecule has 0 aromatic heterocycles. The van der Waals surface area contributed by atoms with Crippen molar-refractivity contribution in [3.05, 3.63) is 60.2 Å². The largest absolute Gasteiger partial charge is 0.497 e. The van der Waals surface area contributed by atoms with Crippen molar-refractivity contribution in [2.24, 2.45) is 0 Å². The first-order chi connectivity index (χ1) is 12.6. The van der Waals surface area contributed by atoms with Crippen LogP contribution in [0.3, 0.4) is 0 Å². The SMILES string of the molecule is CCOC(=O)/C=C/c1ccc(NCC(=O)Nc2ccc(OC)cc2)cc1. The van der Waals surface area contributed by atoms with E-state index in [1.54, 1.807) is 44.4 Å². The zero-order chi connectivity index (χ0) is 18.8. The zero-order valence-electron chi connectivity index (χ0n) is 14.8. The lowest BCUT2D eigenvalue weighted by Gasteiger charge is -2.08. The fourth-order valence-electron chi connectivity index (χ4n) is 2.13. The summed E-state index contributed by atoms with van der Waals surface area (Å²) in [5.74, 6) is 0.213. The van der Waals surface area contributed by atoms with E-state index in [9.17, 15) is 9.59 Å². The minimum absolute atomic E-state index is 0.143. The Labute approximate surface area is 152 Å². The Bertz CT molecular complexity index is 752. The van der Waals surface area contributed by atoms with Crippen molar-refractivity contribution in [1.82, 2.24) is 0 Å². The number of ether oxygens (including phenoxy) is 2. The highest BCUT2D eigenvalue weighted by Gasteiger charge is 2.03. The summed E-state index contributed by atoms with van der Waals surface area (Å²) in [4.78, 5) is 23.3. The van der Waals surface area contributed by atoms with Gasteiger partial charge in [0.2, 0.25) is 5.91 Å². The van der Waals surface area contributed by atoms with Crippen LogP contribution in [0.4, 0.5) is 11.4 Å². The van der Waals surface area contributed by atoms with Crippen molar-refractivity contribution < 1.29 is 19.1 Å². The molecule has 0 aliphatic rings. The highest BCUT2D eigenvalue weighted by atomic mass is 16.5. The van der Waals surface area contributed by atoms with E-state index in [1.165, 1.54) is 6.08 Å². The molecule has 0 radical (unpaired) electrons. The molecule has 136 valence electrons. The van der Waals surface area contributed by atoms with E-state index < -0.39 is 0 Å². The van der Waals surface area contributed by atoms with Gasteiger partial charge in [-0.3, -0.25) is 4.79 Å². The maximum Gasteiger partial charge on any atom is 0.330 e. The van der Waals surface area contributed by atoms with Crippen LogP contribution < -0.4 is 15.4 Å². The van der Waals surface area contributed by atoms with Gasteiger partial charge in [-0.25, -0.2) is 4.79 Å². The highest BCUT2D eigenvalue weighted by molar-refractivity contribution is 5.93. The average Bonchev–Trinajstić information content (AvgIpc) is 2.66. The maximum absolute atomic E-state index is 12.0. The number of esters is 1. The lowest BCUT2D eigenvalue weighted by molar-refractivity contribution is -0.137. The molecule has 0 unspecified atom stereocenters. The minimum atomic E-state index is -0.370. The van der Waals surface area contributed by atoms with Crippen LogP contribution in [0.1, 0.15) is 12.5 Å². The molecule has 0 bridgehead atoms. The maximum atomic E-state index is 12.0. The summed E-state index contributed by atoms with van der Waals surface area (Å²) < 4.78 is 9.90. The van der Waals surface area contributed by atoms with Crippen LogP contribution in [-0.4, -0.2) is 32.1 Å². The van der Waals surface area contributed by atoms with Crippen molar-refractivity contribution in [3.63, 3.8) is 0 Å². The van der Waals surface area contributed by atoms with Gasteiger partial charge in [0.25, 0.3) is 0 Å². The smallest absolute Gasteiger partial charge is 0.330 e. The number of anilines is 2. The average molecular weight is 354 g/mol. The summed E-state index contributed by atoms with van der Waals surface area (Å²) in [6, 6.07) is 14.5. The molecule has 6 heteroatoms. The Kier molecular flexibility index (Phi) is 7.24. The lowest BCUT2D eigenvalue weighted by Crippen LogP contribution is -2.21. The number of amides is 1. The van der Waals surface area contributed by atoms with E-state index in [0.717, 1.165) is 17.0 Å². The van der Waals surface area contributed by atoms with Crippen molar-refractivity contribution >= 4 is 29.3 Å². The molecule has 1 amide bonds. The minimum Gasteiger partial charge on any atom is -0.497 e. The summed E-state index contributed by atoms with van der Waals surface area (Å²) in [6.07, 6.45) is 3.06. The third-order valence-electron chi connectivity index (χ3n) is 3.44. The van der Waals surface area contributed by atoms with Gasteiger partial charge in [0.05, 0.1) is 20.3 Å². The number of hydrogen-bond acceptors (Lipinski definition) is 5. The first-order valence-electron chi connectivity index (χ1n) is 8.23. The van der Waals surface area contributed by atoms with Crippen LogP contribution in [-0.2, 0) is 14.3 Å². The van der Waals surface area contributed by atoms with Crippen LogP contribution in [0, 0.1) is 0 Å². The Hall–Kier alpha value is -3.28. The Morgan fingerprint density at radius 1 is 1.00 bits per heavy atom. The van der Waals surface area contributed by atoms with E-state index >= 15 is 0 Å². The molecule has 26 heavy (non-hydrogen) atoms. The monoisotopic (exact) mass is 354 g/mol. The summed E-state index contributed by atoms with van der Waals surface area (Å²) >= 11 is 0. The van der Waals surface area contributed by atoms with Gasteiger partial charge in [0.15, 0.2) is 0 Å². The number of benzene rings is 2. The predicted octanol–water partition coefficient (Wildman–Crippen LogP) is 3.32. The van der Waals surface area contributed by atoms with E-state index in [0.29, 0.717) is 12.3 Å². The van der Waals surface area contributed by atoms with Gasteiger partial charge in [0.1, 0.15) is 5.75 Å². The first kappa shape index (κ1) is 19.1. The normalized spacial score (nSPS) is 10.4. The first-order valence-corrected chi connectivity index (χ1v) is 8.23. The summed E-state index contributed by atoms with van der Waals surface area (Å²) in [6.45, 7) is 2.26. The second-order valence-corrected chi connectivity index (χ2v) is 5.34. The molecule has 0 heterocycles. The van der Waals surface area contributed by atoms with Gasteiger partial charge in [-0.2, -0.15) is 0 Å². The van der Waals surface area contributed by atoms with Gasteiger partial charge in [-0.15, -0.1) is 0 Å². The van der Waals surface area contributed by atoms with Crippen molar-refractivity contribution in [2.75, 3.05) is 30.9 Å². The lowest BCUT2D eigenvalue weighted by atomic mass is 10.2.